The Balaban J connectivity index is 2.77. The second-order valence-corrected chi connectivity index (χ2v) is 4.97. The molecule has 0 aliphatic carbocycles. The van der Waals surface area contributed by atoms with Crippen LogP contribution in [0.25, 0.3) is 0 Å². The molecule has 0 bridgehead atoms. The number of phenols is 1. The highest BCUT2D eigenvalue weighted by molar-refractivity contribution is 5.81. The monoisotopic (exact) mass is 266 g/mol. The maximum atomic E-state index is 12.0. The van der Waals surface area contributed by atoms with E-state index in [0.29, 0.717) is 12.3 Å². The summed E-state index contributed by atoms with van der Waals surface area (Å²) in [4.78, 5) is 13.6. The van der Waals surface area contributed by atoms with Gasteiger partial charge >= 0.3 is 0 Å². The normalized spacial score (nSPS) is 12.3. The predicted molar refractivity (Wildman–Crippen MR) is 73.9 cm³/mol. The summed E-state index contributed by atoms with van der Waals surface area (Å²) in [5.41, 5.74) is 6.72. The zero-order valence-corrected chi connectivity index (χ0v) is 11.9. The third kappa shape index (κ3) is 3.86. The number of amides is 1. The number of phenolic OH excluding ortho intramolecular Hbond substituents is 1. The van der Waals surface area contributed by atoms with Gasteiger partial charge in [0.05, 0.1) is 13.2 Å². The Morgan fingerprint density at radius 3 is 2.63 bits per heavy atom. The number of benzene rings is 1. The first-order valence-corrected chi connectivity index (χ1v) is 6.23. The second kappa shape index (κ2) is 6.43. The fourth-order valence-corrected chi connectivity index (χ4v) is 1.71. The van der Waals surface area contributed by atoms with Crippen molar-refractivity contribution in [2.24, 2.45) is 11.7 Å². The van der Waals surface area contributed by atoms with Gasteiger partial charge < -0.3 is 20.5 Å². The van der Waals surface area contributed by atoms with Crippen molar-refractivity contribution in [3.8, 4) is 11.5 Å². The molecule has 1 amide bonds. The van der Waals surface area contributed by atoms with E-state index >= 15 is 0 Å². The molecule has 106 valence electrons. The van der Waals surface area contributed by atoms with E-state index in [1.807, 2.05) is 13.8 Å². The maximum Gasteiger partial charge on any atom is 0.239 e. The molecule has 19 heavy (non-hydrogen) atoms. The van der Waals surface area contributed by atoms with Crippen LogP contribution in [-0.4, -0.2) is 36.1 Å². The number of nitrogens with two attached hydrogens (primary N) is 1. The van der Waals surface area contributed by atoms with Crippen LogP contribution >= 0.6 is 0 Å². The van der Waals surface area contributed by atoms with Crippen LogP contribution in [0.4, 0.5) is 0 Å². The number of rotatable bonds is 5. The van der Waals surface area contributed by atoms with E-state index in [4.69, 9.17) is 10.5 Å². The summed E-state index contributed by atoms with van der Waals surface area (Å²) in [5, 5.41) is 9.51. The van der Waals surface area contributed by atoms with E-state index in [2.05, 4.69) is 0 Å². The van der Waals surface area contributed by atoms with Crippen molar-refractivity contribution in [2.75, 3.05) is 14.2 Å². The molecule has 0 heterocycles. The number of carbonyl (C=O) groups is 1. The average molecular weight is 266 g/mol. The lowest BCUT2D eigenvalue weighted by molar-refractivity contribution is -0.132. The molecule has 0 aromatic heterocycles. The number of ether oxygens (including phenoxy) is 1. The average Bonchev–Trinajstić information content (AvgIpc) is 2.38. The van der Waals surface area contributed by atoms with Gasteiger partial charge in [0.25, 0.3) is 0 Å². The van der Waals surface area contributed by atoms with Crippen molar-refractivity contribution < 1.29 is 14.6 Å². The van der Waals surface area contributed by atoms with Crippen LogP contribution in [0.15, 0.2) is 18.2 Å². The minimum atomic E-state index is -0.496. The highest BCUT2D eigenvalue weighted by Gasteiger charge is 2.21. The molecule has 1 rings (SSSR count). The van der Waals surface area contributed by atoms with Gasteiger partial charge in [-0.3, -0.25) is 4.79 Å². The zero-order chi connectivity index (χ0) is 14.6. The van der Waals surface area contributed by atoms with Crippen LogP contribution in [-0.2, 0) is 11.3 Å². The van der Waals surface area contributed by atoms with Gasteiger partial charge in [-0.25, -0.2) is 0 Å². The highest BCUT2D eigenvalue weighted by Crippen LogP contribution is 2.26. The van der Waals surface area contributed by atoms with Crippen molar-refractivity contribution in [1.82, 2.24) is 4.90 Å². The first kappa shape index (κ1) is 15.3. The number of likely N-dealkylation sites (N-methyl/N-ethyl adjacent to an activating group) is 1. The maximum absolute atomic E-state index is 12.0. The van der Waals surface area contributed by atoms with Gasteiger partial charge in [-0.2, -0.15) is 0 Å². The van der Waals surface area contributed by atoms with Crippen molar-refractivity contribution in [1.29, 1.82) is 0 Å². The minimum Gasteiger partial charge on any atom is -0.504 e. The number of aromatic hydroxyl groups is 1. The summed E-state index contributed by atoms with van der Waals surface area (Å²) in [5.74, 6) is 0.483. The molecular formula is C14H22N2O3. The summed E-state index contributed by atoms with van der Waals surface area (Å²) in [6.07, 6.45) is 0. The van der Waals surface area contributed by atoms with Crippen molar-refractivity contribution >= 4 is 5.91 Å². The third-order valence-electron chi connectivity index (χ3n) is 3.04. The fraction of sp³-hybridized carbons (Fsp3) is 0.500. The Morgan fingerprint density at radius 2 is 2.11 bits per heavy atom. The number of nitrogens with zero attached hydrogens (tertiary/aromatic N) is 1. The third-order valence-corrected chi connectivity index (χ3v) is 3.04. The molecule has 1 aromatic rings. The molecule has 5 heteroatoms. The smallest absolute Gasteiger partial charge is 0.239 e. The Bertz CT molecular complexity index is 446. The predicted octanol–water partition coefficient (Wildman–Crippen LogP) is 1.34. The molecule has 0 saturated heterocycles. The number of carbonyl (C=O) groups excluding carboxylic acids is 1. The van der Waals surface area contributed by atoms with Crippen molar-refractivity contribution in [3.05, 3.63) is 23.8 Å². The Morgan fingerprint density at radius 1 is 1.47 bits per heavy atom. The molecule has 3 N–H and O–H groups in total. The number of hydrogen-bond acceptors (Lipinski definition) is 4. The van der Waals surface area contributed by atoms with Gasteiger partial charge in [-0.15, -0.1) is 0 Å². The Hall–Kier alpha value is -1.75. The second-order valence-electron chi connectivity index (χ2n) is 4.97. The lowest BCUT2D eigenvalue weighted by Crippen LogP contribution is -2.44. The zero-order valence-electron chi connectivity index (χ0n) is 11.9. The summed E-state index contributed by atoms with van der Waals surface area (Å²) in [7, 11) is 3.20. The van der Waals surface area contributed by atoms with E-state index in [1.54, 1.807) is 30.1 Å². The summed E-state index contributed by atoms with van der Waals surface area (Å²) in [6, 6.07) is 4.52. The van der Waals surface area contributed by atoms with Crippen LogP contribution in [0.3, 0.4) is 0 Å². The molecule has 5 nitrogen and oxygen atoms in total. The molecule has 0 spiro atoms. The molecule has 0 aliphatic heterocycles. The molecule has 1 atom stereocenters. The van der Waals surface area contributed by atoms with Gasteiger partial charge in [0.1, 0.15) is 0 Å². The van der Waals surface area contributed by atoms with Crippen LogP contribution in [0.5, 0.6) is 11.5 Å². The van der Waals surface area contributed by atoms with Crippen LogP contribution in [0.1, 0.15) is 19.4 Å². The summed E-state index contributed by atoms with van der Waals surface area (Å²) in [6.45, 7) is 4.26. The Labute approximate surface area is 114 Å². The van der Waals surface area contributed by atoms with Gasteiger partial charge in [0, 0.05) is 13.6 Å². The SMILES string of the molecule is COc1cc(CN(C)C(=O)[C@H](N)C(C)C)ccc1O. The highest BCUT2D eigenvalue weighted by atomic mass is 16.5. The van der Waals surface area contributed by atoms with Crippen molar-refractivity contribution in [2.45, 2.75) is 26.4 Å². The Kier molecular flexibility index (Phi) is 5.18. The van der Waals surface area contributed by atoms with Crippen LogP contribution < -0.4 is 10.5 Å². The van der Waals surface area contributed by atoms with Gasteiger partial charge in [0.15, 0.2) is 11.5 Å². The summed E-state index contributed by atoms with van der Waals surface area (Å²) >= 11 is 0. The largest absolute Gasteiger partial charge is 0.504 e. The number of methoxy groups -OCH3 is 1. The van der Waals surface area contributed by atoms with Crippen LogP contribution in [0, 0.1) is 5.92 Å². The summed E-state index contributed by atoms with van der Waals surface area (Å²) < 4.78 is 5.04. The molecular weight excluding hydrogens is 244 g/mol. The first-order chi connectivity index (χ1) is 8.86. The van der Waals surface area contributed by atoms with E-state index in [1.165, 1.54) is 7.11 Å². The number of hydrogen-bond donors (Lipinski definition) is 2. The minimum absolute atomic E-state index is 0.0825. The first-order valence-electron chi connectivity index (χ1n) is 6.23. The molecule has 0 unspecified atom stereocenters. The molecule has 0 saturated carbocycles. The van der Waals surface area contributed by atoms with E-state index < -0.39 is 6.04 Å². The van der Waals surface area contributed by atoms with Gasteiger partial charge in [-0.05, 0) is 23.6 Å². The topological polar surface area (TPSA) is 75.8 Å². The molecule has 0 fully saturated rings. The van der Waals surface area contributed by atoms with E-state index in [-0.39, 0.29) is 17.6 Å². The molecule has 0 radical (unpaired) electrons. The quantitative estimate of drug-likeness (QED) is 0.843. The fourth-order valence-electron chi connectivity index (χ4n) is 1.71. The van der Waals surface area contributed by atoms with E-state index in [0.717, 1.165) is 5.56 Å². The van der Waals surface area contributed by atoms with E-state index in [9.17, 15) is 9.90 Å². The van der Waals surface area contributed by atoms with Crippen LogP contribution in [0.2, 0.25) is 0 Å². The lowest BCUT2D eigenvalue weighted by Gasteiger charge is -2.23. The van der Waals surface area contributed by atoms with Gasteiger partial charge in [-0.1, -0.05) is 19.9 Å². The van der Waals surface area contributed by atoms with Crippen molar-refractivity contribution in [3.63, 3.8) is 0 Å². The molecule has 0 aliphatic rings. The molecule has 1 aromatic carbocycles. The van der Waals surface area contributed by atoms with Gasteiger partial charge in [0.2, 0.25) is 5.91 Å². The standard InChI is InChI=1S/C14H22N2O3/c1-9(2)13(15)14(18)16(3)8-10-5-6-11(17)12(7-10)19-4/h5-7,9,13,17H,8,15H2,1-4H3/t13-/m1/s1. The lowest BCUT2D eigenvalue weighted by atomic mass is 10.0.